The maximum atomic E-state index is 13.4. The van der Waals surface area contributed by atoms with E-state index in [-0.39, 0.29) is 21.8 Å². The third-order valence-electron chi connectivity index (χ3n) is 6.10. The van der Waals surface area contributed by atoms with Crippen LogP contribution < -0.4 is 4.90 Å². The lowest BCUT2D eigenvalue weighted by Crippen LogP contribution is -2.37. The average molecular weight is 430 g/mol. The second-order valence-corrected chi connectivity index (χ2v) is 10.1. The van der Waals surface area contributed by atoms with Crippen molar-refractivity contribution in [2.75, 3.05) is 18.1 Å². The van der Waals surface area contributed by atoms with Crippen molar-refractivity contribution in [1.29, 1.82) is 0 Å². The number of rotatable bonds is 4. The minimum absolute atomic E-state index is 0.0623. The van der Waals surface area contributed by atoms with E-state index in [9.17, 15) is 18.3 Å². The summed E-state index contributed by atoms with van der Waals surface area (Å²) in [4.78, 5) is 14.2. The topological polar surface area (TPSA) is 83.9 Å². The highest BCUT2D eigenvalue weighted by Crippen LogP contribution is 2.37. The van der Waals surface area contributed by atoms with E-state index in [1.54, 1.807) is 47.4 Å². The van der Waals surface area contributed by atoms with E-state index < -0.39 is 15.4 Å². The molecule has 30 heavy (non-hydrogen) atoms. The molecule has 0 aromatic heterocycles. The molecule has 7 heteroatoms. The Bertz CT molecular complexity index is 1080. The number of benzene rings is 2. The molecule has 1 N–H and O–H groups in total. The fourth-order valence-electron chi connectivity index (χ4n) is 4.47. The van der Waals surface area contributed by atoms with Crippen LogP contribution in [0.2, 0.25) is 0 Å². The van der Waals surface area contributed by atoms with Crippen LogP contribution in [0.25, 0.3) is 0 Å². The quantitative estimate of drug-likeness (QED) is 0.807. The molecule has 6 nitrogen and oxygen atoms in total. The van der Waals surface area contributed by atoms with E-state index in [1.165, 1.54) is 0 Å². The number of carbonyl (C=O) groups is 1. The number of carbonyl (C=O) groups excluding carboxylic acids is 1. The summed E-state index contributed by atoms with van der Waals surface area (Å²) in [5.41, 5.74) is 1.15. The zero-order valence-corrected chi connectivity index (χ0v) is 18.1. The lowest BCUT2D eigenvalue weighted by molar-refractivity contribution is -0.118. The summed E-state index contributed by atoms with van der Waals surface area (Å²) in [6.07, 6.45) is 1.68. The summed E-state index contributed by atoms with van der Waals surface area (Å²) in [5.74, 6) is 0.0623. The van der Waals surface area contributed by atoms with Crippen molar-refractivity contribution < 1.29 is 23.1 Å². The van der Waals surface area contributed by atoms with E-state index in [0.29, 0.717) is 44.4 Å². The number of hydrogen-bond donors (Lipinski definition) is 1. The Morgan fingerprint density at radius 2 is 1.93 bits per heavy atom. The first-order chi connectivity index (χ1) is 14.2. The number of ether oxygens (including phenoxy) is 1. The second kappa shape index (κ2) is 7.80. The van der Waals surface area contributed by atoms with Crippen molar-refractivity contribution in [3.8, 4) is 0 Å². The molecule has 0 radical (unpaired) electrons. The van der Waals surface area contributed by atoms with Crippen LogP contribution in [0, 0.1) is 0 Å². The van der Waals surface area contributed by atoms with E-state index in [1.807, 2.05) is 13.8 Å². The molecule has 1 fully saturated rings. The molecule has 2 aromatic rings. The maximum absolute atomic E-state index is 13.4. The Kier molecular flexibility index (Phi) is 5.46. The summed E-state index contributed by atoms with van der Waals surface area (Å²) in [6.45, 7) is 4.81. The van der Waals surface area contributed by atoms with Gasteiger partial charge in [-0.1, -0.05) is 12.1 Å². The number of fused-ring (bicyclic) bond motifs is 1. The lowest BCUT2D eigenvalue weighted by atomic mass is 9.84. The first-order valence-corrected chi connectivity index (χ1v) is 11.9. The summed E-state index contributed by atoms with van der Waals surface area (Å²) >= 11 is 0. The standard InChI is InChI=1S/C23H27NO5S/c1-3-24-21-9-8-20(13-17(21)7-10-22(24)25)30(27,28)19-6-4-5-18(14-19)23(26)11-12-29-16(2)15-23/h4-6,8-9,13-14,16,26H,3,7,10-12,15H2,1-2H3/t16-,23+/m0/s1. The van der Waals surface area contributed by atoms with E-state index in [0.717, 1.165) is 11.3 Å². The smallest absolute Gasteiger partial charge is 0.227 e. The number of sulfone groups is 1. The van der Waals surface area contributed by atoms with E-state index >= 15 is 0 Å². The SMILES string of the molecule is CCN1C(=O)CCc2cc(S(=O)(=O)c3cccc([C@@]4(O)CCO[C@@H](C)C4)c3)ccc21. The van der Waals surface area contributed by atoms with Gasteiger partial charge < -0.3 is 14.7 Å². The summed E-state index contributed by atoms with van der Waals surface area (Å²) in [6, 6.07) is 11.6. The third-order valence-corrected chi connectivity index (χ3v) is 7.85. The van der Waals surface area contributed by atoms with E-state index in [2.05, 4.69) is 0 Å². The van der Waals surface area contributed by atoms with Gasteiger partial charge in [-0.25, -0.2) is 8.42 Å². The van der Waals surface area contributed by atoms with Crippen LogP contribution in [-0.4, -0.2) is 38.7 Å². The highest BCUT2D eigenvalue weighted by atomic mass is 32.2. The molecule has 2 heterocycles. The van der Waals surface area contributed by atoms with Crippen molar-refractivity contribution in [2.24, 2.45) is 0 Å². The van der Waals surface area contributed by atoms with Gasteiger partial charge in [0.15, 0.2) is 0 Å². The Balaban J connectivity index is 1.70. The van der Waals surface area contributed by atoms with E-state index in [4.69, 9.17) is 4.74 Å². The van der Waals surface area contributed by atoms with Crippen molar-refractivity contribution in [3.05, 3.63) is 53.6 Å². The molecule has 2 atom stereocenters. The van der Waals surface area contributed by atoms with Gasteiger partial charge in [0.1, 0.15) is 0 Å². The zero-order chi connectivity index (χ0) is 21.5. The molecule has 4 rings (SSSR count). The van der Waals surface area contributed by atoms with Crippen LogP contribution in [-0.2, 0) is 31.4 Å². The van der Waals surface area contributed by atoms with Crippen molar-refractivity contribution in [3.63, 3.8) is 0 Å². The van der Waals surface area contributed by atoms with Gasteiger partial charge in [0.25, 0.3) is 0 Å². The van der Waals surface area contributed by atoms with Gasteiger partial charge in [-0.2, -0.15) is 0 Å². The maximum Gasteiger partial charge on any atom is 0.227 e. The van der Waals surface area contributed by atoms with Gasteiger partial charge in [0.05, 0.1) is 28.1 Å². The van der Waals surface area contributed by atoms with Crippen LogP contribution in [0.4, 0.5) is 5.69 Å². The molecular weight excluding hydrogens is 402 g/mol. The lowest BCUT2D eigenvalue weighted by Gasteiger charge is -2.36. The number of aliphatic hydroxyl groups is 1. The van der Waals surface area contributed by atoms with Gasteiger partial charge in [0.2, 0.25) is 15.7 Å². The molecule has 0 spiro atoms. The normalized spacial score (nSPS) is 24.6. The number of hydrogen-bond acceptors (Lipinski definition) is 5. The monoisotopic (exact) mass is 429 g/mol. The molecule has 0 aliphatic carbocycles. The van der Waals surface area contributed by atoms with Gasteiger partial charge in [-0.3, -0.25) is 4.79 Å². The molecule has 1 amide bonds. The number of nitrogens with zero attached hydrogens (tertiary/aromatic N) is 1. The highest BCUT2D eigenvalue weighted by Gasteiger charge is 2.36. The first-order valence-electron chi connectivity index (χ1n) is 10.4. The summed E-state index contributed by atoms with van der Waals surface area (Å²) in [7, 11) is -3.76. The Hall–Kier alpha value is -2.22. The Morgan fingerprint density at radius 3 is 2.67 bits per heavy atom. The summed E-state index contributed by atoms with van der Waals surface area (Å²) < 4.78 is 32.2. The van der Waals surface area contributed by atoms with Gasteiger partial charge in [-0.15, -0.1) is 0 Å². The molecular formula is C23H27NO5S. The van der Waals surface area contributed by atoms with Gasteiger partial charge >= 0.3 is 0 Å². The van der Waals surface area contributed by atoms with Crippen molar-refractivity contribution in [2.45, 2.75) is 61.0 Å². The third kappa shape index (κ3) is 3.66. The van der Waals surface area contributed by atoms with Crippen molar-refractivity contribution in [1.82, 2.24) is 0 Å². The minimum Gasteiger partial charge on any atom is -0.385 e. The predicted molar refractivity (Wildman–Crippen MR) is 113 cm³/mol. The molecule has 160 valence electrons. The Morgan fingerprint density at radius 1 is 1.17 bits per heavy atom. The number of aryl methyl sites for hydroxylation is 1. The molecule has 2 aromatic carbocycles. The Labute approximate surface area is 177 Å². The highest BCUT2D eigenvalue weighted by molar-refractivity contribution is 7.91. The van der Waals surface area contributed by atoms with Gasteiger partial charge in [0, 0.05) is 31.5 Å². The molecule has 0 unspecified atom stereocenters. The first kappa shape index (κ1) is 21.0. The van der Waals surface area contributed by atoms with Crippen LogP contribution in [0.3, 0.4) is 0 Å². The summed E-state index contributed by atoms with van der Waals surface area (Å²) in [5, 5.41) is 11.1. The predicted octanol–water partition coefficient (Wildman–Crippen LogP) is 3.21. The van der Waals surface area contributed by atoms with Crippen LogP contribution in [0.1, 0.15) is 44.2 Å². The largest absolute Gasteiger partial charge is 0.385 e. The number of amides is 1. The van der Waals surface area contributed by atoms with Gasteiger partial charge in [-0.05, 0) is 61.7 Å². The molecule has 0 saturated carbocycles. The molecule has 2 aliphatic rings. The fraction of sp³-hybridized carbons (Fsp3) is 0.435. The van der Waals surface area contributed by atoms with Crippen LogP contribution in [0.5, 0.6) is 0 Å². The van der Waals surface area contributed by atoms with Crippen molar-refractivity contribution >= 4 is 21.4 Å². The molecule has 2 aliphatic heterocycles. The molecule has 1 saturated heterocycles. The molecule has 0 bridgehead atoms. The fourth-order valence-corrected chi connectivity index (χ4v) is 5.82. The number of anilines is 1. The second-order valence-electron chi connectivity index (χ2n) is 8.13. The minimum atomic E-state index is -3.76. The average Bonchev–Trinajstić information content (AvgIpc) is 2.73. The zero-order valence-electron chi connectivity index (χ0n) is 17.3. The van der Waals surface area contributed by atoms with Crippen LogP contribution >= 0.6 is 0 Å². The van der Waals surface area contributed by atoms with Crippen LogP contribution in [0.15, 0.2) is 52.3 Å².